The Labute approximate surface area is 332 Å². The molecule has 0 nitrogen and oxygen atoms in total. The topological polar surface area (TPSA) is 0 Å². The maximum Gasteiger partial charge on any atom is 0.0636 e. The molecule has 0 amide bonds. The van der Waals surface area contributed by atoms with Crippen LogP contribution in [0.1, 0.15) is 41.1 Å². The molecule has 0 aliphatic heterocycles. The van der Waals surface area contributed by atoms with Crippen LogP contribution in [0.3, 0.4) is 0 Å². The number of hydrogen-bond donors (Lipinski definition) is 0. The normalized spacial score (nSPS) is 20.4. The molecule has 11 aromatic rings. The van der Waals surface area contributed by atoms with Gasteiger partial charge < -0.3 is 0 Å². The highest BCUT2D eigenvalue weighted by atomic mass is 14.2. The van der Waals surface area contributed by atoms with Crippen molar-refractivity contribution in [2.24, 2.45) is 0 Å². The summed E-state index contributed by atoms with van der Waals surface area (Å²) in [5, 5.41) is -5.40. The van der Waals surface area contributed by atoms with Gasteiger partial charge in [-0.3, -0.25) is 0 Å². The zero-order chi connectivity index (χ0) is 58.9. The predicted molar refractivity (Wildman–Crippen MR) is 216 cm³/mol. The van der Waals surface area contributed by atoms with E-state index in [-0.39, 0.29) is 16.2 Å². The minimum Gasteiger partial charge on any atom is -0.0622 e. The van der Waals surface area contributed by atoms with Crippen molar-refractivity contribution in [3.63, 3.8) is 0 Å². The van der Waals surface area contributed by atoms with Gasteiger partial charge in [-0.05, 0) is 115 Å². The molecule has 0 aromatic heterocycles. The fourth-order valence-electron chi connectivity index (χ4n) is 6.34. The second-order valence-electron chi connectivity index (χ2n) is 11.2. The lowest BCUT2D eigenvalue weighted by Crippen LogP contribution is -1.91. The van der Waals surface area contributed by atoms with E-state index < -0.39 is 274 Å². The first kappa shape index (κ1) is 11.3. The fraction of sp³-hybridized carbons (Fsp3) is 0. The van der Waals surface area contributed by atoms with Crippen molar-refractivity contribution in [2.45, 2.75) is 0 Å². The van der Waals surface area contributed by atoms with Gasteiger partial charge in [0.25, 0.3) is 0 Å². The largest absolute Gasteiger partial charge is 0.0636 e. The number of benzene rings is 11. The summed E-state index contributed by atoms with van der Waals surface area (Å²) in [6.45, 7) is 0. The van der Waals surface area contributed by atoms with E-state index in [1.54, 1.807) is 0 Å². The maximum absolute atomic E-state index is 10.1. The Balaban J connectivity index is 1.34. The summed E-state index contributed by atoms with van der Waals surface area (Å²) in [5.41, 5.74) is -6.99. The van der Waals surface area contributed by atoms with E-state index in [2.05, 4.69) is 0 Å². The first-order valence-electron chi connectivity index (χ1n) is 30.0. The van der Waals surface area contributed by atoms with Crippen LogP contribution >= 0.6 is 0 Å². The molecular weight excluding hydrogens is 601 g/mol. The summed E-state index contributed by atoms with van der Waals surface area (Å²) in [4.78, 5) is 0. The molecule has 0 N–H and O–H groups in total. The molecule has 0 bridgehead atoms. The van der Waals surface area contributed by atoms with Gasteiger partial charge in [0.2, 0.25) is 0 Å². The summed E-state index contributed by atoms with van der Waals surface area (Å²) < 4.78 is 273. The Kier molecular flexibility index (Phi) is 2.37. The molecule has 0 fully saturated rings. The zero-order valence-electron chi connectivity index (χ0n) is 55.0. The lowest BCUT2D eigenvalue weighted by Gasteiger charge is -2.18. The maximum atomic E-state index is 10.1. The van der Waals surface area contributed by atoms with Crippen LogP contribution in [0.25, 0.3) is 109 Å². The first-order valence-corrected chi connectivity index (χ1v) is 15.0. The van der Waals surface area contributed by atoms with E-state index in [9.17, 15) is 17.8 Å². The fourth-order valence-corrected chi connectivity index (χ4v) is 6.34. The molecular formula is C50H30. The summed E-state index contributed by atoms with van der Waals surface area (Å²) in [6, 6.07) is -27.7. The Hall–Kier alpha value is -6.50. The van der Waals surface area contributed by atoms with E-state index in [4.69, 9.17) is 23.3 Å². The second kappa shape index (κ2) is 10.5. The Bertz CT molecular complexity index is 4700. The van der Waals surface area contributed by atoms with E-state index in [0.29, 0.717) is 0 Å². The third-order valence-electron chi connectivity index (χ3n) is 8.56. The molecule has 0 aliphatic rings. The van der Waals surface area contributed by atoms with Crippen molar-refractivity contribution in [1.82, 2.24) is 0 Å². The van der Waals surface area contributed by atoms with Gasteiger partial charge >= 0.3 is 0 Å². The van der Waals surface area contributed by atoms with Gasteiger partial charge in [-0.2, -0.15) is 0 Å². The monoisotopic (exact) mass is 660 g/mol. The van der Waals surface area contributed by atoms with E-state index in [1.165, 1.54) is 0 Å². The van der Waals surface area contributed by atoms with Crippen molar-refractivity contribution >= 4 is 64.6 Å². The third-order valence-corrected chi connectivity index (χ3v) is 8.56. The van der Waals surface area contributed by atoms with Crippen LogP contribution < -0.4 is 0 Å². The van der Waals surface area contributed by atoms with Gasteiger partial charge in [0.05, 0.1) is 41.1 Å². The van der Waals surface area contributed by atoms with Crippen LogP contribution in [0.2, 0.25) is 0 Å². The minimum absolute atomic E-state index is 0.290. The Morgan fingerprint density at radius 2 is 0.660 bits per heavy atom. The van der Waals surface area contributed by atoms with Crippen LogP contribution in [0, 0.1) is 0 Å². The van der Waals surface area contributed by atoms with Gasteiger partial charge in [0.15, 0.2) is 0 Å². The third kappa shape index (κ3) is 4.00. The average Bonchev–Trinajstić information content (AvgIpc) is 2.49. The molecule has 0 radical (unpaired) electrons. The van der Waals surface area contributed by atoms with Gasteiger partial charge in [0, 0.05) is 0 Å². The molecule has 0 atom stereocenters. The van der Waals surface area contributed by atoms with Crippen LogP contribution in [-0.4, -0.2) is 0 Å². The molecule has 0 saturated heterocycles. The Morgan fingerprint density at radius 1 is 0.240 bits per heavy atom. The molecule has 0 unspecified atom stereocenters. The number of hydrogen-bond acceptors (Lipinski definition) is 0. The van der Waals surface area contributed by atoms with Gasteiger partial charge in [0.1, 0.15) is 0 Å². The molecule has 0 spiro atoms. The van der Waals surface area contributed by atoms with Crippen LogP contribution in [-0.2, 0) is 0 Å². The van der Waals surface area contributed by atoms with E-state index >= 15 is 0 Å². The van der Waals surface area contributed by atoms with Crippen LogP contribution in [0.15, 0.2) is 181 Å². The first-order chi connectivity index (χ1) is 37.3. The highest BCUT2D eigenvalue weighted by Crippen LogP contribution is 2.44. The number of rotatable bonds is 4. The molecule has 50 heavy (non-hydrogen) atoms. The van der Waals surface area contributed by atoms with Crippen LogP contribution in [0.4, 0.5) is 0 Å². The lowest BCUT2D eigenvalue weighted by atomic mass is 9.86. The zero-order valence-corrected chi connectivity index (χ0v) is 25.0. The Morgan fingerprint density at radius 3 is 1.26 bits per heavy atom. The SMILES string of the molecule is [2H]c1c([2H])c([2H])c(-c2c([2H])c([2H])c(-c3c([2H])c([2H])c(-c4c([2H])c([2H])c5c([2H])c([2H])c6c([2H])c([2H])c([2H])c7c([2H])c([2H])c4c5c67)c([2H])c3[2H])c([2H])c2-c2c([2H])c([2H])c3c([2H])c([2H])c4c([2H])c([2H])c([2H])c5c([2H])c([2H])c2c3c45)c([2H])c1[2H]. The standard InChI is InChI=1S/C50H30/c1-2-6-32(7-3-1)42-26-24-40(30-46(42)43-27-21-39-19-17-35-9-5-11-37-23-29-45(43)50(39)48(35)37)31-12-14-33(15-13-31)41-25-20-38-18-16-34-8-4-10-36-22-28-44(41)49(38)47(34)36/h1-30H/i1D,2D,3D,4D,5D,6D,7D,8D,9D,10D,11D,12D,13D,14D,15D,16D,17D,18D,19D,20D,21D,22D,23D,24D,25D,26D,27D,28D,29D,30D. The van der Waals surface area contributed by atoms with Crippen molar-refractivity contribution in [3.05, 3.63) is 181 Å². The summed E-state index contributed by atoms with van der Waals surface area (Å²) >= 11 is 0. The van der Waals surface area contributed by atoms with E-state index in [0.717, 1.165) is 0 Å². The van der Waals surface area contributed by atoms with Crippen LogP contribution in [0.5, 0.6) is 0 Å². The average molecular weight is 661 g/mol. The summed E-state index contributed by atoms with van der Waals surface area (Å²) in [7, 11) is 0. The molecule has 11 aromatic carbocycles. The quantitative estimate of drug-likeness (QED) is 0.165. The highest BCUT2D eigenvalue weighted by Gasteiger charge is 2.17. The smallest absolute Gasteiger partial charge is 0.0622 e. The molecule has 0 aliphatic carbocycles. The molecule has 230 valence electrons. The minimum atomic E-state index is -1.16. The predicted octanol–water partition coefficient (Wildman–Crippen LogP) is 14.1. The van der Waals surface area contributed by atoms with E-state index in [1.807, 2.05) is 0 Å². The summed E-state index contributed by atoms with van der Waals surface area (Å²) in [6.07, 6.45) is 0. The highest BCUT2D eigenvalue weighted by molar-refractivity contribution is 6.27. The van der Waals surface area contributed by atoms with Crippen molar-refractivity contribution < 1.29 is 41.1 Å². The second-order valence-corrected chi connectivity index (χ2v) is 11.2. The molecule has 0 saturated carbocycles. The summed E-state index contributed by atoms with van der Waals surface area (Å²) in [5.74, 6) is 0. The van der Waals surface area contributed by atoms with Crippen molar-refractivity contribution in [3.8, 4) is 44.5 Å². The molecule has 11 rings (SSSR count). The lowest BCUT2D eigenvalue weighted by molar-refractivity contribution is 1.57. The van der Waals surface area contributed by atoms with Gasteiger partial charge in [-0.1, -0.05) is 175 Å². The van der Waals surface area contributed by atoms with Crippen molar-refractivity contribution in [2.75, 3.05) is 0 Å². The van der Waals surface area contributed by atoms with Gasteiger partial charge in [-0.25, -0.2) is 0 Å². The van der Waals surface area contributed by atoms with Gasteiger partial charge in [-0.15, -0.1) is 0 Å². The molecule has 0 heterocycles. The van der Waals surface area contributed by atoms with Crippen molar-refractivity contribution in [1.29, 1.82) is 0 Å². The molecule has 0 heteroatoms.